The number of hydrogen-bond donors (Lipinski definition) is 1. The Hall–Kier alpha value is -0.900. The Balaban J connectivity index is 3.15. The van der Waals surface area contributed by atoms with Gasteiger partial charge in [-0.25, -0.2) is 4.98 Å². The maximum Gasteiger partial charge on any atom is 0.180 e. The van der Waals surface area contributed by atoms with Crippen molar-refractivity contribution in [2.75, 3.05) is 5.73 Å². The van der Waals surface area contributed by atoms with Gasteiger partial charge in [0.25, 0.3) is 0 Å². The van der Waals surface area contributed by atoms with Crippen LogP contribution in [0, 0.1) is 6.92 Å². The minimum Gasteiger partial charge on any atom is -0.375 e. The topological polar surface area (TPSA) is 56.0 Å². The molecule has 0 bridgehead atoms. The lowest BCUT2D eigenvalue weighted by atomic mass is 10.4. The molecule has 9 heavy (non-hydrogen) atoms. The van der Waals surface area contributed by atoms with Crippen molar-refractivity contribution in [1.29, 1.82) is 0 Å². The first kappa shape index (κ1) is 6.22. The molecule has 0 saturated heterocycles. The first-order chi connectivity index (χ1) is 4.24. The smallest absolute Gasteiger partial charge is 0.180 e. The van der Waals surface area contributed by atoms with E-state index in [4.69, 9.17) is 5.73 Å². The van der Waals surface area contributed by atoms with Crippen molar-refractivity contribution in [2.45, 2.75) is 6.92 Å². The van der Waals surface area contributed by atoms with E-state index in [1.165, 1.54) is 11.3 Å². The van der Waals surface area contributed by atoms with Crippen LogP contribution in [0.15, 0.2) is 0 Å². The molecule has 2 N–H and O–H groups in total. The lowest BCUT2D eigenvalue weighted by Gasteiger charge is -1.76. The summed E-state index contributed by atoms with van der Waals surface area (Å²) in [6.07, 6.45) is 0.767. The number of anilines is 1. The third-order valence-corrected chi connectivity index (χ3v) is 1.87. The molecule has 0 atom stereocenters. The predicted molar refractivity (Wildman–Crippen MR) is 36.7 cm³/mol. The van der Waals surface area contributed by atoms with Crippen molar-refractivity contribution in [3.8, 4) is 0 Å². The Morgan fingerprint density at radius 2 is 2.44 bits per heavy atom. The number of carbonyl (C=O) groups is 1. The van der Waals surface area contributed by atoms with Gasteiger partial charge in [-0.05, 0) is 6.92 Å². The van der Waals surface area contributed by atoms with Crippen LogP contribution in [-0.2, 0) is 0 Å². The third kappa shape index (κ3) is 1.08. The molecular formula is C5H6N2OS. The first-order valence-electron chi connectivity index (χ1n) is 2.42. The van der Waals surface area contributed by atoms with E-state index in [-0.39, 0.29) is 0 Å². The Morgan fingerprint density at radius 1 is 1.78 bits per heavy atom. The number of hydrogen-bond acceptors (Lipinski definition) is 4. The van der Waals surface area contributed by atoms with Crippen LogP contribution in [0.5, 0.6) is 0 Å². The molecule has 1 rings (SSSR count). The molecule has 1 aromatic heterocycles. The lowest BCUT2D eigenvalue weighted by Crippen LogP contribution is -1.81. The predicted octanol–water partition coefficient (Wildman–Crippen LogP) is 0.846. The van der Waals surface area contributed by atoms with Gasteiger partial charge in [-0.3, -0.25) is 4.79 Å². The standard InChI is InChI=1S/C5H6N2OS/c1-3-4(2-8)9-5(6)7-3/h2H,1H3,(H2,6,7). The third-order valence-electron chi connectivity index (χ3n) is 0.956. The van der Waals surface area contributed by atoms with Gasteiger partial charge in [0, 0.05) is 0 Å². The highest BCUT2D eigenvalue weighted by Gasteiger charge is 2.01. The van der Waals surface area contributed by atoms with Crippen molar-refractivity contribution < 1.29 is 4.79 Å². The Morgan fingerprint density at radius 3 is 2.67 bits per heavy atom. The van der Waals surface area contributed by atoms with E-state index in [0.29, 0.717) is 15.7 Å². The zero-order valence-electron chi connectivity index (χ0n) is 4.92. The normalized spacial score (nSPS) is 9.44. The molecule has 0 fully saturated rings. The van der Waals surface area contributed by atoms with Gasteiger partial charge in [-0.15, -0.1) is 0 Å². The van der Waals surface area contributed by atoms with Crippen LogP contribution in [0.1, 0.15) is 15.4 Å². The van der Waals surface area contributed by atoms with Gasteiger partial charge in [-0.1, -0.05) is 11.3 Å². The second kappa shape index (κ2) is 2.14. The quantitative estimate of drug-likeness (QED) is 0.591. The molecule has 1 aromatic rings. The average molecular weight is 142 g/mol. The van der Waals surface area contributed by atoms with Crippen molar-refractivity contribution in [3.63, 3.8) is 0 Å². The van der Waals surface area contributed by atoms with Crippen molar-refractivity contribution in [3.05, 3.63) is 10.6 Å². The number of nitrogens with zero attached hydrogens (tertiary/aromatic N) is 1. The van der Waals surface area contributed by atoms with Gasteiger partial charge in [-0.2, -0.15) is 0 Å². The largest absolute Gasteiger partial charge is 0.375 e. The summed E-state index contributed by atoms with van der Waals surface area (Å²) < 4.78 is 0. The number of nitrogens with two attached hydrogens (primary N) is 1. The molecule has 4 heteroatoms. The summed E-state index contributed by atoms with van der Waals surface area (Å²) in [5.41, 5.74) is 6.02. The molecule has 0 aliphatic heterocycles. The van der Waals surface area contributed by atoms with E-state index in [9.17, 15) is 4.79 Å². The van der Waals surface area contributed by atoms with Crippen LogP contribution in [0.3, 0.4) is 0 Å². The van der Waals surface area contributed by atoms with Crippen molar-refractivity contribution in [1.82, 2.24) is 4.98 Å². The number of rotatable bonds is 1. The SMILES string of the molecule is Cc1nc(N)sc1C=O. The van der Waals surface area contributed by atoms with E-state index in [1.54, 1.807) is 6.92 Å². The number of nitrogen functional groups attached to an aromatic ring is 1. The second-order valence-corrected chi connectivity index (χ2v) is 2.68. The Bertz CT molecular complexity index is 231. The van der Waals surface area contributed by atoms with Gasteiger partial charge in [0.2, 0.25) is 0 Å². The van der Waals surface area contributed by atoms with Gasteiger partial charge in [0.1, 0.15) is 0 Å². The minimum atomic E-state index is 0.453. The number of aromatic nitrogens is 1. The summed E-state index contributed by atoms with van der Waals surface area (Å²) in [7, 11) is 0. The number of thiazole rings is 1. The molecule has 0 aliphatic carbocycles. The second-order valence-electron chi connectivity index (χ2n) is 1.62. The van der Waals surface area contributed by atoms with E-state index in [1.807, 2.05) is 0 Å². The lowest BCUT2D eigenvalue weighted by molar-refractivity contribution is 0.112. The Kier molecular flexibility index (Phi) is 1.48. The highest BCUT2D eigenvalue weighted by molar-refractivity contribution is 7.17. The molecular weight excluding hydrogens is 136 g/mol. The fraction of sp³-hybridized carbons (Fsp3) is 0.200. The molecule has 3 nitrogen and oxygen atoms in total. The minimum absolute atomic E-state index is 0.453. The highest BCUT2D eigenvalue weighted by atomic mass is 32.1. The van der Waals surface area contributed by atoms with Crippen LogP contribution in [0.2, 0.25) is 0 Å². The van der Waals surface area contributed by atoms with E-state index < -0.39 is 0 Å². The molecule has 0 spiro atoms. The maximum absolute atomic E-state index is 10.2. The Labute approximate surface area is 56.5 Å². The van der Waals surface area contributed by atoms with Crippen LogP contribution < -0.4 is 5.73 Å². The number of aldehydes is 1. The van der Waals surface area contributed by atoms with Crippen molar-refractivity contribution >= 4 is 22.8 Å². The van der Waals surface area contributed by atoms with Crippen LogP contribution >= 0.6 is 11.3 Å². The highest BCUT2D eigenvalue weighted by Crippen LogP contribution is 2.16. The first-order valence-corrected chi connectivity index (χ1v) is 3.24. The summed E-state index contributed by atoms with van der Waals surface area (Å²) in [5.74, 6) is 0. The summed E-state index contributed by atoms with van der Waals surface area (Å²) in [6, 6.07) is 0. The molecule has 0 radical (unpaired) electrons. The van der Waals surface area contributed by atoms with Crippen LogP contribution in [0.25, 0.3) is 0 Å². The molecule has 1 heterocycles. The van der Waals surface area contributed by atoms with E-state index >= 15 is 0 Å². The fourth-order valence-corrected chi connectivity index (χ4v) is 1.19. The van der Waals surface area contributed by atoms with Crippen LogP contribution in [0.4, 0.5) is 5.13 Å². The summed E-state index contributed by atoms with van der Waals surface area (Å²) in [6.45, 7) is 1.76. The summed E-state index contributed by atoms with van der Waals surface area (Å²) in [4.78, 5) is 14.6. The average Bonchev–Trinajstić information content (AvgIpc) is 2.10. The molecule has 0 aromatic carbocycles. The summed E-state index contributed by atoms with van der Waals surface area (Å²) >= 11 is 1.21. The zero-order chi connectivity index (χ0) is 6.85. The fourth-order valence-electron chi connectivity index (χ4n) is 0.539. The number of aryl methyl sites for hydroxylation is 1. The van der Waals surface area contributed by atoms with E-state index in [0.717, 1.165) is 6.29 Å². The van der Waals surface area contributed by atoms with Gasteiger partial charge < -0.3 is 5.73 Å². The monoisotopic (exact) mass is 142 g/mol. The molecule has 48 valence electrons. The molecule has 0 saturated carbocycles. The maximum atomic E-state index is 10.2. The molecule has 0 amide bonds. The zero-order valence-corrected chi connectivity index (χ0v) is 5.73. The van der Waals surface area contributed by atoms with E-state index in [2.05, 4.69) is 4.98 Å². The molecule has 0 unspecified atom stereocenters. The van der Waals surface area contributed by atoms with Gasteiger partial charge >= 0.3 is 0 Å². The number of carbonyl (C=O) groups excluding carboxylic acids is 1. The van der Waals surface area contributed by atoms with Gasteiger partial charge in [0.05, 0.1) is 10.6 Å². The summed E-state index contributed by atoms with van der Waals surface area (Å²) in [5, 5.41) is 0.453. The van der Waals surface area contributed by atoms with Crippen LogP contribution in [-0.4, -0.2) is 11.3 Å². The van der Waals surface area contributed by atoms with Gasteiger partial charge in [0.15, 0.2) is 11.4 Å². The van der Waals surface area contributed by atoms with Crippen molar-refractivity contribution in [2.24, 2.45) is 0 Å². The molecule has 0 aliphatic rings.